The maximum atomic E-state index is 9.82. The summed E-state index contributed by atoms with van der Waals surface area (Å²) in [6.07, 6.45) is 0.509. The Morgan fingerprint density at radius 2 is 2.00 bits per heavy atom. The third-order valence-electron chi connectivity index (χ3n) is 3.93. The first kappa shape index (κ1) is 14.9. The van der Waals surface area contributed by atoms with Crippen LogP contribution in [0.3, 0.4) is 0 Å². The number of aromatic nitrogens is 4. The molecule has 0 amide bonds. The van der Waals surface area contributed by atoms with Crippen LogP contribution in [0.2, 0.25) is 0 Å². The Morgan fingerprint density at radius 1 is 1.27 bits per heavy atom. The molecule has 0 aliphatic carbocycles. The van der Waals surface area contributed by atoms with Crippen molar-refractivity contribution in [3.05, 3.63) is 6.33 Å². The van der Waals surface area contributed by atoms with E-state index >= 15 is 0 Å². The van der Waals surface area contributed by atoms with E-state index in [0.29, 0.717) is 22.9 Å². The molecule has 1 aliphatic rings. The molecule has 22 heavy (non-hydrogen) atoms. The van der Waals surface area contributed by atoms with E-state index in [1.807, 2.05) is 0 Å². The standard InChI is InChI=1S/C13H21N7O2/c1-18-2-4-19(5-3-18)13-17-10-11(14)15-8-16-12(10)20(13)6-9(22)7-21/h8-9,21-22H,2-7H2,1H3,(H2,14,15,16). The molecule has 3 heterocycles. The minimum atomic E-state index is -0.875. The molecule has 0 spiro atoms. The minimum absolute atomic E-state index is 0.213. The lowest BCUT2D eigenvalue weighted by Crippen LogP contribution is -2.45. The molecule has 0 aromatic carbocycles. The summed E-state index contributed by atoms with van der Waals surface area (Å²) < 4.78 is 1.81. The van der Waals surface area contributed by atoms with Crippen LogP contribution in [-0.4, -0.2) is 80.6 Å². The van der Waals surface area contributed by atoms with Crippen LogP contribution in [0.25, 0.3) is 11.2 Å². The van der Waals surface area contributed by atoms with Gasteiger partial charge < -0.3 is 25.7 Å². The molecule has 0 saturated carbocycles. The van der Waals surface area contributed by atoms with Crippen molar-refractivity contribution in [2.45, 2.75) is 12.6 Å². The van der Waals surface area contributed by atoms with Crippen molar-refractivity contribution in [3.8, 4) is 0 Å². The molecule has 0 radical (unpaired) electrons. The number of fused-ring (bicyclic) bond motifs is 1. The van der Waals surface area contributed by atoms with E-state index in [1.165, 1.54) is 6.33 Å². The molecule has 1 atom stereocenters. The van der Waals surface area contributed by atoms with Crippen molar-refractivity contribution in [1.82, 2.24) is 24.4 Å². The largest absolute Gasteiger partial charge is 0.394 e. The molecule has 2 aromatic rings. The Balaban J connectivity index is 2.03. The van der Waals surface area contributed by atoms with Gasteiger partial charge in [-0.1, -0.05) is 0 Å². The average molecular weight is 307 g/mol. The fourth-order valence-electron chi connectivity index (χ4n) is 2.63. The smallest absolute Gasteiger partial charge is 0.208 e. The van der Waals surface area contributed by atoms with E-state index in [1.54, 1.807) is 4.57 Å². The normalized spacial score (nSPS) is 18.0. The summed E-state index contributed by atoms with van der Waals surface area (Å²) in [5.41, 5.74) is 6.99. The number of hydrogen-bond acceptors (Lipinski definition) is 8. The van der Waals surface area contributed by atoms with E-state index < -0.39 is 6.10 Å². The Labute approximate surface area is 128 Å². The number of piperazine rings is 1. The lowest BCUT2D eigenvalue weighted by atomic mass is 10.3. The van der Waals surface area contributed by atoms with Crippen molar-refractivity contribution in [3.63, 3.8) is 0 Å². The third kappa shape index (κ3) is 2.70. The van der Waals surface area contributed by atoms with Gasteiger partial charge in [0.2, 0.25) is 5.95 Å². The topological polar surface area (TPSA) is 117 Å². The lowest BCUT2D eigenvalue weighted by molar-refractivity contribution is 0.0821. The first-order valence-corrected chi connectivity index (χ1v) is 7.29. The molecule has 0 bridgehead atoms. The highest BCUT2D eigenvalue weighted by Crippen LogP contribution is 2.25. The van der Waals surface area contributed by atoms with Gasteiger partial charge >= 0.3 is 0 Å². The van der Waals surface area contributed by atoms with Crippen LogP contribution in [0.15, 0.2) is 6.33 Å². The van der Waals surface area contributed by atoms with Crippen LogP contribution in [-0.2, 0) is 6.54 Å². The summed E-state index contributed by atoms with van der Waals surface area (Å²) in [5, 5.41) is 19.0. The zero-order valence-electron chi connectivity index (χ0n) is 12.6. The van der Waals surface area contributed by atoms with Gasteiger partial charge in [-0.15, -0.1) is 0 Å². The van der Waals surface area contributed by atoms with Gasteiger partial charge in [-0.05, 0) is 7.05 Å². The summed E-state index contributed by atoms with van der Waals surface area (Å²) in [6.45, 7) is 3.44. The molecule has 1 fully saturated rings. The first-order valence-electron chi connectivity index (χ1n) is 7.29. The predicted molar refractivity (Wildman–Crippen MR) is 82.5 cm³/mol. The predicted octanol–water partition coefficient (Wildman–Crippen LogP) is -1.49. The number of aliphatic hydroxyl groups excluding tert-OH is 2. The Hall–Kier alpha value is -1.97. The van der Waals surface area contributed by atoms with Gasteiger partial charge in [0.1, 0.15) is 6.33 Å². The maximum absolute atomic E-state index is 9.82. The quantitative estimate of drug-likeness (QED) is 0.626. The fraction of sp³-hybridized carbons (Fsp3) is 0.615. The molecular formula is C13H21N7O2. The summed E-state index contributed by atoms with van der Waals surface area (Å²) in [6, 6.07) is 0. The second kappa shape index (κ2) is 6.03. The van der Waals surface area contributed by atoms with Crippen molar-refractivity contribution < 1.29 is 10.2 Å². The molecular weight excluding hydrogens is 286 g/mol. The van der Waals surface area contributed by atoms with Crippen molar-refractivity contribution >= 4 is 22.9 Å². The summed E-state index contributed by atoms with van der Waals surface area (Å²) in [7, 11) is 2.08. The van der Waals surface area contributed by atoms with Crippen molar-refractivity contribution in [1.29, 1.82) is 0 Å². The second-order valence-corrected chi connectivity index (χ2v) is 5.58. The van der Waals surface area contributed by atoms with Gasteiger partial charge in [0.05, 0.1) is 19.3 Å². The highest BCUT2D eigenvalue weighted by atomic mass is 16.3. The molecule has 3 rings (SSSR count). The molecule has 4 N–H and O–H groups in total. The third-order valence-corrected chi connectivity index (χ3v) is 3.93. The fourth-order valence-corrected chi connectivity index (χ4v) is 2.63. The molecule has 1 unspecified atom stereocenters. The highest BCUT2D eigenvalue weighted by molar-refractivity contribution is 5.84. The van der Waals surface area contributed by atoms with Gasteiger partial charge in [-0.25, -0.2) is 15.0 Å². The number of aliphatic hydroxyl groups is 2. The summed E-state index contributed by atoms with van der Waals surface area (Å²) >= 11 is 0. The van der Waals surface area contributed by atoms with E-state index in [-0.39, 0.29) is 13.2 Å². The maximum Gasteiger partial charge on any atom is 0.208 e. The van der Waals surface area contributed by atoms with Crippen LogP contribution in [0.5, 0.6) is 0 Å². The Kier molecular flexibility index (Phi) is 4.10. The molecule has 1 aliphatic heterocycles. The van der Waals surface area contributed by atoms with Crippen molar-refractivity contribution in [2.24, 2.45) is 0 Å². The summed E-state index contributed by atoms with van der Waals surface area (Å²) in [4.78, 5) is 17.2. The van der Waals surface area contributed by atoms with Gasteiger partial charge in [0.15, 0.2) is 17.0 Å². The van der Waals surface area contributed by atoms with Gasteiger partial charge in [0, 0.05) is 26.2 Å². The Bertz CT molecular complexity index is 651. The molecule has 9 heteroatoms. The van der Waals surface area contributed by atoms with E-state index in [4.69, 9.17) is 10.8 Å². The molecule has 120 valence electrons. The number of imidazole rings is 1. The van der Waals surface area contributed by atoms with E-state index in [2.05, 4.69) is 31.8 Å². The second-order valence-electron chi connectivity index (χ2n) is 5.58. The van der Waals surface area contributed by atoms with Crippen LogP contribution in [0.1, 0.15) is 0 Å². The van der Waals surface area contributed by atoms with Crippen LogP contribution < -0.4 is 10.6 Å². The van der Waals surface area contributed by atoms with Crippen LogP contribution in [0, 0.1) is 0 Å². The van der Waals surface area contributed by atoms with Gasteiger partial charge in [-0.3, -0.25) is 4.57 Å². The zero-order valence-corrected chi connectivity index (χ0v) is 12.6. The molecule has 9 nitrogen and oxygen atoms in total. The number of anilines is 2. The van der Waals surface area contributed by atoms with E-state index in [9.17, 15) is 5.11 Å². The zero-order chi connectivity index (χ0) is 15.7. The van der Waals surface area contributed by atoms with Crippen LogP contribution in [0.4, 0.5) is 11.8 Å². The minimum Gasteiger partial charge on any atom is -0.394 e. The number of likely N-dealkylation sites (N-methyl/N-ethyl adjacent to an activating group) is 1. The van der Waals surface area contributed by atoms with Crippen molar-refractivity contribution in [2.75, 3.05) is 50.5 Å². The highest BCUT2D eigenvalue weighted by Gasteiger charge is 2.23. The first-order chi connectivity index (χ1) is 10.6. The van der Waals surface area contributed by atoms with Gasteiger partial charge in [0.25, 0.3) is 0 Å². The number of nitrogen functional groups attached to an aromatic ring is 1. The number of rotatable bonds is 4. The van der Waals surface area contributed by atoms with E-state index in [0.717, 1.165) is 26.2 Å². The Morgan fingerprint density at radius 3 is 2.68 bits per heavy atom. The lowest BCUT2D eigenvalue weighted by Gasteiger charge is -2.33. The molecule has 2 aromatic heterocycles. The van der Waals surface area contributed by atoms with Crippen LogP contribution >= 0.6 is 0 Å². The SMILES string of the molecule is CN1CCN(c2nc3c(N)ncnc3n2CC(O)CO)CC1. The van der Waals surface area contributed by atoms with Gasteiger partial charge in [-0.2, -0.15) is 0 Å². The molecule has 1 saturated heterocycles. The monoisotopic (exact) mass is 307 g/mol. The number of nitrogens with zero attached hydrogens (tertiary/aromatic N) is 6. The number of hydrogen-bond donors (Lipinski definition) is 3. The average Bonchev–Trinajstić information content (AvgIpc) is 2.88. The summed E-state index contributed by atoms with van der Waals surface area (Å²) in [5.74, 6) is 1.03. The number of nitrogens with two attached hydrogens (primary N) is 1.